The Balaban J connectivity index is 1.67. The van der Waals surface area contributed by atoms with Crippen molar-refractivity contribution >= 4 is 17.6 Å². The molecule has 0 bridgehead atoms. The Labute approximate surface area is 133 Å². The number of nitrogens with zero attached hydrogens (tertiary/aromatic N) is 5. The van der Waals surface area contributed by atoms with Crippen molar-refractivity contribution in [3.05, 3.63) is 23.5 Å². The lowest BCUT2D eigenvalue weighted by atomic mass is 9.78. The molecule has 2 aliphatic heterocycles. The average Bonchev–Trinajstić information content (AvgIpc) is 2.74. The van der Waals surface area contributed by atoms with Gasteiger partial charge in [0.1, 0.15) is 5.82 Å². The van der Waals surface area contributed by atoms with Gasteiger partial charge in [0.05, 0.1) is 24.3 Å². The number of thioether (sulfide) groups is 1. The quantitative estimate of drug-likeness (QED) is 0.636. The van der Waals surface area contributed by atoms with Crippen LogP contribution in [0.3, 0.4) is 0 Å². The van der Waals surface area contributed by atoms with Crippen molar-refractivity contribution in [2.75, 3.05) is 37.5 Å². The standard InChI is InChI=1S/C15H19N5OS/c1-10-4-11(2)20(18-10)13-5-12(16-14(17-13)22-3)19-6-15(7-19)8-21-9-15/h4-5H,6-9H2,1-3H3. The summed E-state index contributed by atoms with van der Waals surface area (Å²) in [6.45, 7) is 7.85. The van der Waals surface area contributed by atoms with Crippen molar-refractivity contribution in [1.82, 2.24) is 19.7 Å². The highest BCUT2D eigenvalue weighted by atomic mass is 32.2. The summed E-state index contributed by atoms with van der Waals surface area (Å²) >= 11 is 1.56. The molecule has 0 amide bonds. The van der Waals surface area contributed by atoms with Gasteiger partial charge in [-0.3, -0.25) is 0 Å². The van der Waals surface area contributed by atoms with Gasteiger partial charge in [-0.2, -0.15) is 5.10 Å². The summed E-state index contributed by atoms with van der Waals surface area (Å²) in [4.78, 5) is 11.6. The van der Waals surface area contributed by atoms with Crippen molar-refractivity contribution < 1.29 is 4.74 Å². The van der Waals surface area contributed by atoms with Crippen LogP contribution in [0.2, 0.25) is 0 Å². The van der Waals surface area contributed by atoms with Gasteiger partial charge < -0.3 is 9.64 Å². The van der Waals surface area contributed by atoms with E-state index < -0.39 is 0 Å². The van der Waals surface area contributed by atoms with Gasteiger partial charge in [-0.25, -0.2) is 14.6 Å². The van der Waals surface area contributed by atoms with Crippen molar-refractivity contribution in [1.29, 1.82) is 0 Å². The molecule has 7 heteroatoms. The maximum absolute atomic E-state index is 5.34. The molecular formula is C15H19N5OS. The van der Waals surface area contributed by atoms with Gasteiger partial charge in [0.2, 0.25) is 0 Å². The van der Waals surface area contributed by atoms with Gasteiger partial charge in [-0.1, -0.05) is 11.8 Å². The van der Waals surface area contributed by atoms with E-state index in [0.29, 0.717) is 5.41 Å². The van der Waals surface area contributed by atoms with Crippen LogP contribution in [-0.4, -0.2) is 52.3 Å². The van der Waals surface area contributed by atoms with E-state index in [9.17, 15) is 0 Å². The lowest BCUT2D eigenvalue weighted by Crippen LogP contribution is -2.66. The number of rotatable bonds is 3. The Morgan fingerprint density at radius 1 is 1.14 bits per heavy atom. The minimum Gasteiger partial charge on any atom is -0.380 e. The first-order valence-electron chi connectivity index (χ1n) is 7.38. The molecule has 0 atom stereocenters. The van der Waals surface area contributed by atoms with E-state index in [4.69, 9.17) is 4.74 Å². The van der Waals surface area contributed by atoms with Crippen LogP contribution in [0.5, 0.6) is 0 Å². The molecule has 2 aromatic heterocycles. The molecule has 2 aliphatic rings. The lowest BCUT2D eigenvalue weighted by molar-refractivity contribution is -0.127. The Kier molecular flexibility index (Phi) is 3.16. The number of aromatic nitrogens is 4. The Bertz CT molecular complexity index is 717. The first-order chi connectivity index (χ1) is 10.6. The maximum atomic E-state index is 5.34. The highest BCUT2D eigenvalue weighted by Gasteiger charge is 2.49. The number of aryl methyl sites for hydroxylation is 2. The smallest absolute Gasteiger partial charge is 0.191 e. The molecule has 0 saturated carbocycles. The minimum absolute atomic E-state index is 0.378. The van der Waals surface area contributed by atoms with Crippen LogP contribution in [0, 0.1) is 19.3 Å². The van der Waals surface area contributed by atoms with Crippen molar-refractivity contribution in [3.8, 4) is 5.82 Å². The van der Waals surface area contributed by atoms with Crippen molar-refractivity contribution in [3.63, 3.8) is 0 Å². The normalized spacial score (nSPS) is 19.1. The predicted molar refractivity (Wildman–Crippen MR) is 85.9 cm³/mol. The molecule has 1 spiro atoms. The maximum Gasteiger partial charge on any atom is 0.191 e. The highest BCUT2D eigenvalue weighted by molar-refractivity contribution is 7.98. The van der Waals surface area contributed by atoms with Crippen LogP contribution < -0.4 is 4.90 Å². The average molecular weight is 317 g/mol. The van der Waals surface area contributed by atoms with Crippen LogP contribution in [0.15, 0.2) is 17.3 Å². The molecule has 6 nitrogen and oxygen atoms in total. The second kappa shape index (κ2) is 4.96. The monoisotopic (exact) mass is 317 g/mol. The van der Waals surface area contributed by atoms with Crippen LogP contribution in [0.4, 0.5) is 5.82 Å². The molecule has 4 heterocycles. The number of hydrogen-bond donors (Lipinski definition) is 0. The molecule has 2 fully saturated rings. The molecule has 116 valence electrons. The molecule has 2 saturated heterocycles. The van der Waals surface area contributed by atoms with Gasteiger partial charge in [0, 0.05) is 24.8 Å². The zero-order valence-electron chi connectivity index (χ0n) is 13.0. The molecule has 0 unspecified atom stereocenters. The van der Waals surface area contributed by atoms with Gasteiger partial charge in [-0.15, -0.1) is 0 Å². The molecule has 0 aliphatic carbocycles. The molecule has 0 N–H and O–H groups in total. The molecule has 4 rings (SSSR count). The Morgan fingerprint density at radius 2 is 1.86 bits per heavy atom. The topological polar surface area (TPSA) is 56.1 Å². The molecule has 0 radical (unpaired) electrons. The number of anilines is 1. The highest BCUT2D eigenvalue weighted by Crippen LogP contribution is 2.40. The summed E-state index contributed by atoms with van der Waals surface area (Å²) in [5.41, 5.74) is 2.46. The third-order valence-electron chi connectivity index (χ3n) is 4.28. The van der Waals surface area contributed by atoms with E-state index in [1.54, 1.807) is 11.8 Å². The van der Waals surface area contributed by atoms with E-state index in [2.05, 4.69) is 26.0 Å². The van der Waals surface area contributed by atoms with E-state index in [1.807, 2.05) is 30.9 Å². The third kappa shape index (κ3) is 2.19. The molecule has 0 aromatic carbocycles. The Hall–Kier alpha value is -1.60. The first-order valence-corrected chi connectivity index (χ1v) is 8.60. The fraction of sp³-hybridized carbons (Fsp3) is 0.533. The van der Waals surface area contributed by atoms with E-state index in [1.165, 1.54) is 0 Å². The molecule has 22 heavy (non-hydrogen) atoms. The van der Waals surface area contributed by atoms with Gasteiger partial charge in [0.25, 0.3) is 0 Å². The largest absolute Gasteiger partial charge is 0.380 e. The van der Waals surface area contributed by atoms with Crippen LogP contribution >= 0.6 is 11.8 Å². The fourth-order valence-electron chi connectivity index (χ4n) is 3.12. The second-order valence-electron chi connectivity index (χ2n) is 6.26. The zero-order valence-corrected chi connectivity index (χ0v) is 13.9. The predicted octanol–water partition coefficient (Wildman–Crippen LogP) is 1.84. The summed E-state index contributed by atoms with van der Waals surface area (Å²) in [6, 6.07) is 4.09. The minimum atomic E-state index is 0.378. The van der Waals surface area contributed by atoms with Crippen molar-refractivity contribution in [2.45, 2.75) is 19.0 Å². The lowest BCUT2D eigenvalue weighted by Gasteiger charge is -2.55. The summed E-state index contributed by atoms with van der Waals surface area (Å²) in [6.07, 6.45) is 2.00. The van der Waals surface area contributed by atoms with Crippen molar-refractivity contribution in [2.24, 2.45) is 5.41 Å². The van der Waals surface area contributed by atoms with Gasteiger partial charge in [-0.05, 0) is 26.2 Å². The SMILES string of the molecule is CSc1nc(N2CC3(COC3)C2)cc(-n2nc(C)cc2C)n1. The van der Waals surface area contributed by atoms with Gasteiger partial charge >= 0.3 is 0 Å². The van der Waals surface area contributed by atoms with E-state index in [0.717, 1.165) is 54.5 Å². The summed E-state index contributed by atoms with van der Waals surface area (Å²) in [5, 5.41) is 5.32. The zero-order chi connectivity index (χ0) is 15.3. The van der Waals surface area contributed by atoms with Crippen LogP contribution in [0.25, 0.3) is 5.82 Å². The van der Waals surface area contributed by atoms with Gasteiger partial charge in [0.15, 0.2) is 11.0 Å². The number of ether oxygens (including phenoxy) is 1. The fourth-order valence-corrected chi connectivity index (χ4v) is 3.49. The summed E-state index contributed by atoms with van der Waals surface area (Å²) < 4.78 is 7.23. The number of hydrogen-bond acceptors (Lipinski definition) is 6. The summed E-state index contributed by atoms with van der Waals surface area (Å²) in [7, 11) is 0. The second-order valence-corrected chi connectivity index (χ2v) is 7.03. The van der Waals surface area contributed by atoms with E-state index >= 15 is 0 Å². The first kappa shape index (κ1) is 14.0. The molecule has 2 aromatic rings. The Morgan fingerprint density at radius 3 is 2.41 bits per heavy atom. The summed E-state index contributed by atoms with van der Waals surface area (Å²) in [5.74, 6) is 1.82. The van der Waals surface area contributed by atoms with Crippen LogP contribution in [-0.2, 0) is 4.74 Å². The van der Waals surface area contributed by atoms with E-state index in [-0.39, 0.29) is 0 Å². The molecular weight excluding hydrogens is 298 g/mol. The third-order valence-corrected chi connectivity index (χ3v) is 4.83. The van der Waals surface area contributed by atoms with Crippen LogP contribution in [0.1, 0.15) is 11.4 Å².